The van der Waals surface area contributed by atoms with Crippen molar-refractivity contribution in [1.82, 2.24) is 5.32 Å². The van der Waals surface area contributed by atoms with Gasteiger partial charge < -0.3 is 5.32 Å². The Morgan fingerprint density at radius 2 is 2.00 bits per heavy atom. The van der Waals surface area contributed by atoms with Gasteiger partial charge in [0.25, 0.3) is 0 Å². The van der Waals surface area contributed by atoms with Gasteiger partial charge in [-0.2, -0.15) is 11.8 Å². The van der Waals surface area contributed by atoms with E-state index in [2.05, 4.69) is 18.6 Å². The molecule has 1 aliphatic carbocycles. The van der Waals surface area contributed by atoms with Crippen LogP contribution in [0.15, 0.2) is 0 Å². The molecule has 1 aliphatic rings. The molecule has 0 bridgehead atoms. The molecule has 1 saturated carbocycles. The number of nitrogens with one attached hydrogen (secondary N) is 1. The molecular formula is C11H23NS. The van der Waals surface area contributed by atoms with E-state index in [0.717, 1.165) is 0 Å². The van der Waals surface area contributed by atoms with Crippen LogP contribution in [0.25, 0.3) is 0 Å². The average molecular weight is 201 g/mol. The number of rotatable bonds is 6. The Kier molecular flexibility index (Phi) is 5.18. The third-order valence-electron chi connectivity index (χ3n) is 3.27. The van der Waals surface area contributed by atoms with Gasteiger partial charge in [0.1, 0.15) is 0 Å². The van der Waals surface area contributed by atoms with Gasteiger partial charge in [-0.1, -0.05) is 12.8 Å². The molecule has 1 rings (SSSR count). The molecule has 1 nitrogen and oxygen atoms in total. The summed E-state index contributed by atoms with van der Waals surface area (Å²) in [5.41, 5.74) is 0.671. The molecule has 13 heavy (non-hydrogen) atoms. The molecule has 0 saturated heterocycles. The Morgan fingerprint density at radius 1 is 1.31 bits per heavy atom. The molecule has 0 spiro atoms. The first kappa shape index (κ1) is 11.4. The van der Waals surface area contributed by atoms with Gasteiger partial charge in [-0.25, -0.2) is 0 Å². The van der Waals surface area contributed by atoms with Crippen LogP contribution in [-0.2, 0) is 0 Å². The minimum absolute atomic E-state index is 0.671. The summed E-state index contributed by atoms with van der Waals surface area (Å²) < 4.78 is 0. The van der Waals surface area contributed by atoms with Crippen molar-refractivity contribution in [2.75, 3.05) is 25.6 Å². The molecule has 0 unspecified atom stereocenters. The lowest BCUT2D eigenvalue weighted by atomic mass is 9.82. The summed E-state index contributed by atoms with van der Waals surface area (Å²) in [6.07, 6.45) is 10.9. The Labute approximate surface area is 87.1 Å². The lowest BCUT2D eigenvalue weighted by molar-refractivity contribution is 0.262. The van der Waals surface area contributed by atoms with Gasteiger partial charge in [-0.3, -0.25) is 0 Å². The maximum atomic E-state index is 3.37. The molecule has 0 aromatic rings. The average Bonchev–Trinajstić information content (AvgIpc) is 2.55. The largest absolute Gasteiger partial charge is 0.319 e. The van der Waals surface area contributed by atoms with E-state index in [9.17, 15) is 0 Å². The molecule has 0 aliphatic heterocycles. The molecule has 1 N–H and O–H groups in total. The Bertz CT molecular complexity index is 130. The van der Waals surface area contributed by atoms with Crippen LogP contribution in [-0.4, -0.2) is 25.6 Å². The van der Waals surface area contributed by atoms with Gasteiger partial charge in [0.2, 0.25) is 0 Å². The van der Waals surface area contributed by atoms with Crippen LogP contribution < -0.4 is 5.32 Å². The SMILES string of the molecule is CNCC1(CCCSC)CCCC1. The van der Waals surface area contributed by atoms with Crippen molar-refractivity contribution in [1.29, 1.82) is 0 Å². The van der Waals surface area contributed by atoms with E-state index in [1.807, 2.05) is 11.8 Å². The fourth-order valence-corrected chi connectivity index (χ4v) is 3.04. The first-order valence-electron chi connectivity index (χ1n) is 5.46. The molecule has 0 atom stereocenters. The summed E-state index contributed by atoms with van der Waals surface area (Å²) in [5.74, 6) is 1.34. The maximum absolute atomic E-state index is 3.37. The summed E-state index contributed by atoms with van der Waals surface area (Å²) in [5, 5.41) is 3.37. The van der Waals surface area contributed by atoms with Gasteiger partial charge in [-0.15, -0.1) is 0 Å². The number of hydrogen-bond acceptors (Lipinski definition) is 2. The van der Waals surface area contributed by atoms with Crippen molar-refractivity contribution in [3.05, 3.63) is 0 Å². The predicted octanol–water partition coefficient (Wildman–Crippen LogP) is 2.91. The lowest BCUT2D eigenvalue weighted by Crippen LogP contribution is -2.30. The van der Waals surface area contributed by atoms with Crippen LogP contribution in [0.5, 0.6) is 0 Å². The van der Waals surface area contributed by atoms with E-state index in [1.54, 1.807) is 0 Å². The minimum Gasteiger partial charge on any atom is -0.319 e. The zero-order valence-corrected chi connectivity index (χ0v) is 9.88. The fourth-order valence-electron chi connectivity index (χ4n) is 2.61. The quantitative estimate of drug-likeness (QED) is 0.663. The summed E-state index contributed by atoms with van der Waals surface area (Å²) in [6.45, 7) is 1.24. The maximum Gasteiger partial charge on any atom is 0.000481 e. The highest BCUT2D eigenvalue weighted by atomic mass is 32.2. The van der Waals surface area contributed by atoms with Crippen molar-refractivity contribution < 1.29 is 0 Å². The van der Waals surface area contributed by atoms with Crippen molar-refractivity contribution in [2.45, 2.75) is 38.5 Å². The van der Waals surface area contributed by atoms with Gasteiger partial charge in [0.15, 0.2) is 0 Å². The molecule has 1 fully saturated rings. The van der Waals surface area contributed by atoms with E-state index in [1.165, 1.54) is 50.8 Å². The molecule has 78 valence electrons. The van der Waals surface area contributed by atoms with Crippen LogP contribution in [0.1, 0.15) is 38.5 Å². The van der Waals surface area contributed by atoms with Crippen molar-refractivity contribution >= 4 is 11.8 Å². The second-order valence-electron chi connectivity index (χ2n) is 4.33. The Hall–Kier alpha value is 0.310. The zero-order valence-electron chi connectivity index (χ0n) is 9.07. The molecular weight excluding hydrogens is 178 g/mol. The van der Waals surface area contributed by atoms with Crippen LogP contribution >= 0.6 is 11.8 Å². The van der Waals surface area contributed by atoms with Crippen LogP contribution in [0.4, 0.5) is 0 Å². The fraction of sp³-hybridized carbons (Fsp3) is 1.00. The topological polar surface area (TPSA) is 12.0 Å². The standard InChI is InChI=1S/C11H23NS/c1-12-10-11(6-3-4-7-11)8-5-9-13-2/h12H,3-10H2,1-2H3. The molecule has 0 amide bonds. The van der Waals surface area contributed by atoms with Gasteiger partial charge in [0, 0.05) is 6.54 Å². The second-order valence-corrected chi connectivity index (χ2v) is 5.32. The highest BCUT2D eigenvalue weighted by Gasteiger charge is 2.32. The van der Waals surface area contributed by atoms with Crippen LogP contribution in [0, 0.1) is 5.41 Å². The molecule has 2 heteroatoms. The highest BCUT2D eigenvalue weighted by Crippen LogP contribution is 2.41. The Morgan fingerprint density at radius 3 is 2.54 bits per heavy atom. The first-order chi connectivity index (χ1) is 6.33. The van der Waals surface area contributed by atoms with Gasteiger partial charge >= 0.3 is 0 Å². The van der Waals surface area contributed by atoms with E-state index >= 15 is 0 Å². The number of thioether (sulfide) groups is 1. The second kappa shape index (κ2) is 5.92. The molecule has 0 heterocycles. The number of hydrogen-bond donors (Lipinski definition) is 1. The van der Waals surface area contributed by atoms with E-state index in [0.29, 0.717) is 5.41 Å². The smallest absolute Gasteiger partial charge is 0.000481 e. The normalized spacial score (nSPS) is 20.8. The van der Waals surface area contributed by atoms with Crippen LogP contribution in [0.3, 0.4) is 0 Å². The van der Waals surface area contributed by atoms with Gasteiger partial charge in [0.05, 0.1) is 0 Å². The van der Waals surface area contributed by atoms with E-state index < -0.39 is 0 Å². The zero-order chi connectivity index (χ0) is 9.57. The van der Waals surface area contributed by atoms with Crippen molar-refractivity contribution in [3.63, 3.8) is 0 Å². The monoisotopic (exact) mass is 201 g/mol. The summed E-state index contributed by atoms with van der Waals surface area (Å²) in [6, 6.07) is 0. The summed E-state index contributed by atoms with van der Waals surface area (Å²) >= 11 is 1.98. The van der Waals surface area contributed by atoms with Gasteiger partial charge in [-0.05, 0) is 50.2 Å². The predicted molar refractivity (Wildman–Crippen MR) is 62.4 cm³/mol. The third kappa shape index (κ3) is 3.51. The van der Waals surface area contributed by atoms with E-state index in [4.69, 9.17) is 0 Å². The Balaban J connectivity index is 2.28. The van der Waals surface area contributed by atoms with Crippen molar-refractivity contribution in [2.24, 2.45) is 5.41 Å². The van der Waals surface area contributed by atoms with Crippen LogP contribution in [0.2, 0.25) is 0 Å². The molecule has 0 radical (unpaired) electrons. The first-order valence-corrected chi connectivity index (χ1v) is 6.86. The highest BCUT2D eigenvalue weighted by molar-refractivity contribution is 7.98. The van der Waals surface area contributed by atoms with Crippen molar-refractivity contribution in [3.8, 4) is 0 Å². The minimum atomic E-state index is 0.671. The summed E-state index contributed by atoms with van der Waals surface area (Å²) in [4.78, 5) is 0. The molecule has 0 aromatic carbocycles. The lowest BCUT2D eigenvalue weighted by Gasteiger charge is -2.28. The third-order valence-corrected chi connectivity index (χ3v) is 3.97. The van der Waals surface area contributed by atoms with E-state index in [-0.39, 0.29) is 0 Å². The summed E-state index contributed by atoms with van der Waals surface area (Å²) in [7, 11) is 2.09. The molecule has 0 aromatic heterocycles.